The van der Waals surface area contributed by atoms with Crippen LogP contribution in [0.4, 0.5) is 0 Å². The molecule has 0 rings (SSSR count). The number of rotatable bonds is 0. The molecule has 46 valence electrons. The largest absolute Gasteiger partial charge is 1.00 e. The van der Waals surface area contributed by atoms with Crippen molar-refractivity contribution in [1.82, 2.24) is 4.90 Å². The molecule has 0 spiro atoms. The van der Waals surface area contributed by atoms with Crippen molar-refractivity contribution in [3.63, 3.8) is 0 Å². The van der Waals surface area contributed by atoms with E-state index in [0.717, 1.165) is 0 Å². The Hall–Kier alpha value is 0.850. The number of nitrogens with zero attached hydrogens (tertiary/aromatic N) is 1. The first-order valence-electron chi connectivity index (χ1n) is 1.53. The van der Waals surface area contributed by atoms with Crippen molar-refractivity contribution in [2.45, 2.75) is 0 Å². The van der Waals surface area contributed by atoms with Gasteiger partial charge in [0.2, 0.25) is 0 Å². The molecule has 0 N–H and O–H groups in total. The number of hydrogen-bond donors (Lipinski definition) is 0. The second kappa shape index (κ2) is 5.00. The van der Waals surface area contributed by atoms with E-state index in [9.17, 15) is 0 Å². The third-order valence-corrected chi connectivity index (χ3v) is 1.10. The van der Waals surface area contributed by atoms with E-state index in [0.29, 0.717) is 4.32 Å². The summed E-state index contributed by atoms with van der Waals surface area (Å²) in [7, 11) is 3.66. The summed E-state index contributed by atoms with van der Waals surface area (Å²) in [6.45, 7) is 0. The van der Waals surface area contributed by atoms with Crippen LogP contribution in [0.2, 0.25) is 0 Å². The van der Waals surface area contributed by atoms with Gasteiger partial charge in [0.05, 0.1) is 0 Å². The maximum absolute atomic E-state index is 4.56. The van der Waals surface area contributed by atoms with Crippen molar-refractivity contribution in [3.8, 4) is 0 Å². The Bertz CT molecular complexity index is 64.0. The molecular formula is C3H6AuNS2. The van der Waals surface area contributed by atoms with Gasteiger partial charge in [0, 0.05) is 14.1 Å². The van der Waals surface area contributed by atoms with Crippen LogP contribution < -0.4 is 0 Å². The van der Waals surface area contributed by atoms with Crippen LogP contribution in [0.3, 0.4) is 0 Å². The minimum atomic E-state index is 0. The Labute approximate surface area is 70.4 Å². The SMILES string of the molecule is CN(C)C(=S)[S-].[Au+]. The fraction of sp³-hybridized carbons (Fsp3) is 0.667. The molecule has 0 fully saturated rings. The predicted octanol–water partition coefficient (Wildman–Crippen LogP) is 0.377. The van der Waals surface area contributed by atoms with Gasteiger partial charge in [-0.3, -0.25) is 0 Å². The van der Waals surface area contributed by atoms with Gasteiger partial charge < -0.3 is 29.7 Å². The van der Waals surface area contributed by atoms with Crippen molar-refractivity contribution >= 4 is 29.2 Å². The normalized spacial score (nSPS) is 6.57. The molecule has 0 unspecified atom stereocenters. The van der Waals surface area contributed by atoms with E-state index >= 15 is 0 Å². The van der Waals surface area contributed by atoms with Gasteiger partial charge in [-0.25, -0.2) is 0 Å². The first-order chi connectivity index (χ1) is 2.64. The maximum atomic E-state index is 4.56. The first kappa shape index (κ1) is 10.8. The van der Waals surface area contributed by atoms with Crippen LogP contribution in [0.15, 0.2) is 0 Å². The van der Waals surface area contributed by atoms with Crippen LogP contribution in [-0.2, 0) is 35.0 Å². The molecule has 0 atom stereocenters. The summed E-state index contributed by atoms with van der Waals surface area (Å²) < 4.78 is 0.509. The Morgan fingerprint density at radius 2 is 1.71 bits per heavy atom. The van der Waals surface area contributed by atoms with Gasteiger partial charge in [0.25, 0.3) is 0 Å². The summed E-state index contributed by atoms with van der Waals surface area (Å²) in [5.41, 5.74) is 0. The third-order valence-electron chi connectivity index (χ3n) is 0.365. The molecule has 0 radical (unpaired) electrons. The van der Waals surface area contributed by atoms with Gasteiger partial charge in [-0.2, -0.15) is 0 Å². The molecule has 0 aromatic heterocycles. The van der Waals surface area contributed by atoms with E-state index in [1.807, 2.05) is 14.1 Å². The molecule has 4 heteroatoms. The van der Waals surface area contributed by atoms with Crippen molar-refractivity contribution in [2.24, 2.45) is 0 Å². The smallest absolute Gasteiger partial charge is 0.411 e. The summed E-state index contributed by atoms with van der Waals surface area (Å²) >= 11 is 9.12. The summed E-state index contributed by atoms with van der Waals surface area (Å²) in [5, 5.41) is 0. The quantitative estimate of drug-likeness (QED) is 0.361. The topological polar surface area (TPSA) is 3.24 Å². The van der Waals surface area contributed by atoms with E-state index in [2.05, 4.69) is 24.8 Å². The first-order valence-corrected chi connectivity index (χ1v) is 2.34. The summed E-state index contributed by atoms with van der Waals surface area (Å²) in [5.74, 6) is 0. The predicted molar refractivity (Wildman–Crippen MR) is 33.6 cm³/mol. The van der Waals surface area contributed by atoms with Crippen LogP contribution in [0.1, 0.15) is 0 Å². The Morgan fingerprint density at radius 1 is 1.57 bits per heavy atom. The molecule has 0 aliphatic heterocycles. The Balaban J connectivity index is 0. The minimum Gasteiger partial charge on any atom is -0.411 e. The molecule has 0 saturated heterocycles. The number of hydrogen-bond acceptors (Lipinski definition) is 2. The van der Waals surface area contributed by atoms with Crippen molar-refractivity contribution < 1.29 is 22.4 Å². The molecule has 0 aromatic rings. The van der Waals surface area contributed by atoms with E-state index in [1.54, 1.807) is 4.90 Å². The summed E-state index contributed by atoms with van der Waals surface area (Å²) in [4.78, 5) is 1.71. The van der Waals surface area contributed by atoms with Gasteiger partial charge in [-0.05, 0) is 0 Å². The van der Waals surface area contributed by atoms with Crippen LogP contribution >= 0.6 is 12.2 Å². The molecule has 0 aliphatic carbocycles. The van der Waals surface area contributed by atoms with E-state index in [1.165, 1.54) is 0 Å². The third kappa shape index (κ3) is 6.85. The zero-order valence-corrected chi connectivity index (χ0v) is 7.86. The zero-order valence-electron chi connectivity index (χ0n) is 4.07. The fourth-order valence-corrected chi connectivity index (χ4v) is 0. The van der Waals surface area contributed by atoms with Crippen LogP contribution in [0.5, 0.6) is 0 Å². The second-order valence-corrected chi connectivity index (χ2v) is 2.19. The standard InChI is InChI=1S/C3H7NS2.Au/c1-4(2)3(5)6;/h1-2H3,(H,5,6);/q;+1/p-1. The van der Waals surface area contributed by atoms with Crippen molar-refractivity contribution in [1.29, 1.82) is 0 Å². The minimum absolute atomic E-state index is 0. The van der Waals surface area contributed by atoms with E-state index in [4.69, 9.17) is 0 Å². The molecule has 0 heterocycles. The molecule has 0 aromatic carbocycles. The molecular weight excluding hydrogens is 311 g/mol. The fourth-order valence-electron chi connectivity index (χ4n) is 0. The maximum Gasteiger partial charge on any atom is 1.00 e. The molecule has 7 heavy (non-hydrogen) atoms. The average molecular weight is 317 g/mol. The number of thiocarbonyl (C=S) groups is 1. The summed E-state index contributed by atoms with van der Waals surface area (Å²) in [6.07, 6.45) is 0. The van der Waals surface area contributed by atoms with Crippen LogP contribution in [-0.4, -0.2) is 23.3 Å². The van der Waals surface area contributed by atoms with Gasteiger partial charge in [0.15, 0.2) is 0 Å². The molecule has 0 aliphatic rings. The molecule has 0 saturated carbocycles. The molecule has 0 amide bonds. The van der Waals surface area contributed by atoms with Crippen molar-refractivity contribution in [3.05, 3.63) is 0 Å². The van der Waals surface area contributed by atoms with E-state index in [-0.39, 0.29) is 22.4 Å². The Kier molecular flexibility index (Phi) is 7.68. The zero-order chi connectivity index (χ0) is 5.15. The second-order valence-electron chi connectivity index (χ2n) is 1.16. The summed E-state index contributed by atoms with van der Waals surface area (Å²) in [6, 6.07) is 0. The average Bonchev–Trinajstić information content (AvgIpc) is 1.36. The molecule has 0 bridgehead atoms. The van der Waals surface area contributed by atoms with Gasteiger partial charge >= 0.3 is 22.4 Å². The Morgan fingerprint density at radius 3 is 1.71 bits per heavy atom. The van der Waals surface area contributed by atoms with Crippen LogP contribution in [0, 0.1) is 0 Å². The van der Waals surface area contributed by atoms with Gasteiger partial charge in [-0.15, -0.1) is 0 Å². The molecule has 1 nitrogen and oxygen atoms in total. The van der Waals surface area contributed by atoms with Gasteiger partial charge in [0.1, 0.15) is 0 Å². The van der Waals surface area contributed by atoms with Gasteiger partial charge in [-0.1, -0.05) is 4.32 Å². The monoisotopic (exact) mass is 317 g/mol. The van der Waals surface area contributed by atoms with E-state index < -0.39 is 0 Å². The van der Waals surface area contributed by atoms with Crippen LogP contribution in [0.25, 0.3) is 0 Å². The van der Waals surface area contributed by atoms with Crippen molar-refractivity contribution in [2.75, 3.05) is 14.1 Å².